The van der Waals surface area contributed by atoms with Gasteiger partial charge in [0.2, 0.25) is 0 Å². The van der Waals surface area contributed by atoms with Crippen molar-refractivity contribution in [3.05, 3.63) is 118 Å². The lowest BCUT2D eigenvalue weighted by atomic mass is 10.0. The van der Waals surface area contributed by atoms with Gasteiger partial charge in [-0.15, -0.1) is 0 Å². The Bertz CT molecular complexity index is 1770. The molecule has 4 N–H and O–H groups in total. The van der Waals surface area contributed by atoms with E-state index in [-0.39, 0.29) is 33.8 Å². The van der Waals surface area contributed by atoms with Crippen molar-refractivity contribution < 1.29 is 23.5 Å². The first kappa shape index (κ1) is 24.3. The molecule has 38 heavy (non-hydrogen) atoms. The maximum Gasteiger partial charge on any atom is 0.343 e. The van der Waals surface area contributed by atoms with Gasteiger partial charge in [-0.05, 0) is 67.6 Å². The molecule has 1 aromatic heterocycles. The lowest BCUT2D eigenvalue weighted by Crippen LogP contribution is -2.12. The fourth-order valence-corrected chi connectivity index (χ4v) is 3.99. The smallest absolute Gasteiger partial charge is 0.343 e. The minimum atomic E-state index is -0.696. The van der Waals surface area contributed by atoms with E-state index in [0.717, 1.165) is 0 Å². The number of para-hydroxylation sites is 1. The quantitative estimate of drug-likeness (QED) is 0.184. The van der Waals surface area contributed by atoms with Crippen LogP contribution in [0.5, 0.6) is 11.5 Å². The third-order valence-electron chi connectivity index (χ3n) is 5.88. The minimum Gasteiger partial charge on any atom is -0.455 e. The van der Waals surface area contributed by atoms with Gasteiger partial charge in [-0.25, -0.2) is 9.59 Å². The van der Waals surface area contributed by atoms with Crippen LogP contribution in [0.25, 0.3) is 22.3 Å². The normalized spacial score (nSPS) is 10.8. The lowest BCUT2D eigenvalue weighted by Gasteiger charge is -2.14. The van der Waals surface area contributed by atoms with Gasteiger partial charge in [-0.3, -0.25) is 4.79 Å². The minimum absolute atomic E-state index is 0.0248. The van der Waals surface area contributed by atoms with Gasteiger partial charge in [0, 0.05) is 23.0 Å². The fourth-order valence-electron chi connectivity index (χ4n) is 3.99. The number of benzene rings is 4. The SMILES string of the molecule is Cc1c(-c2ccc(OC(=O)c3cccc(N)c3)cc2OC(=O)c2cccc(N)c2)oc2ccccc2c1=O. The van der Waals surface area contributed by atoms with E-state index in [9.17, 15) is 14.4 Å². The Morgan fingerprint density at radius 1 is 0.737 bits per heavy atom. The molecule has 4 aromatic carbocycles. The van der Waals surface area contributed by atoms with Gasteiger partial charge in [0.05, 0.1) is 22.1 Å². The van der Waals surface area contributed by atoms with Crippen molar-refractivity contribution in [2.24, 2.45) is 0 Å². The van der Waals surface area contributed by atoms with E-state index in [4.69, 9.17) is 25.4 Å². The number of fused-ring (bicyclic) bond motifs is 1. The van der Waals surface area contributed by atoms with Gasteiger partial charge in [0.25, 0.3) is 0 Å². The maximum atomic E-state index is 13.1. The number of hydrogen-bond acceptors (Lipinski definition) is 8. The summed E-state index contributed by atoms with van der Waals surface area (Å²) in [5, 5.41) is 0.430. The van der Waals surface area contributed by atoms with E-state index in [0.29, 0.717) is 33.5 Å². The highest BCUT2D eigenvalue weighted by molar-refractivity contribution is 5.94. The predicted molar refractivity (Wildman–Crippen MR) is 144 cm³/mol. The first-order valence-corrected chi connectivity index (χ1v) is 11.6. The molecule has 5 rings (SSSR count). The highest BCUT2D eigenvalue weighted by atomic mass is 16.5. The second-order valence-electron chi connectivity index (χ2n) is 8.57. The molecule has 0 spiro atoms. The Kier molecular flexibility index (Phi) is 6.37. The zero-order valence-corrected chi connectivity index (χ0v) is 20.3. The van der Waals surface area contributed by atoms with Crippen LogP contribution in [-0.2, 0) is 0 Å². The van der Waals surface area contributed by atoms with Crippen LogP contribution in [0, 0.1) is 6.92 Å². The number of carbonyl (C=O) groups is 2. The van der Waals surface area contributed by atoms with Crippen LogP contribution in [0.4, 0.5) is 11.4 Å². The third kappa shape index (κ3) is 4.83. The van der Waals surface area contributed by atoms with Crippen molar-refractivity contribution >= 4 is 34.3 Å². The topological polar surface area (TPSA) is 135 Å². The Morgan fingerprint density at radius 2 is 1.37 bits per heavy atom. The molecule has 0 amide bonds. The summed E-state index contributed by atoms with van der Waals surface area (Å²) >= 11 is 0. The molecule has 0 atom stereocenters. The van der Waals surface area contributed by atoms with Crippen LogP contribution < -0.4 is 26.4 Å². The Balaban J connectivity index is 1.59. The summed E-state index contributed by atoms with van der Waals surface area (Å²) in [5.41, 5.74) is 13.7. The third-order valence-corrected chi connectivity index (χ3v) is 5.88. The molecule has 8 heteroatoms. The molecule has 0 unspecified atom stereocenters. The molecule has 0 saturated carbocycles. The van der Waals surface area contributed by atoms with E-state index < -0.39 is 11.9 Å². The molecular weight excluding hydrogens is 484 g/mol. The highest BCUT2D eigenvalue weighted by Crippen LogP contribution is 2.36. The Labute approximate surface area is 217 Å². The van der Waals surface area contributed by atoms with E-state index in [2.05, 4.69) is 0 Å². The number of nitrogen functional groups attached to an aromatic ring is 2. The second-order valence-corrected chi connectivity index (χ2v) is 8.57. The Morgan fingerprint density at radius 3 is 2.03 bits per heavy atom. The molecule has 8 nitrogen and oxygen atoms in total. The zero-order chi connectivity index (χ0) is 26.8. The number of hydrogen-bond donors (Lipinski definition) is 2. The number of ether oxygens (including phenoxy) is 2. The molecule has 0 radical (unpaired) electrons. The van der Waals surface area contributed by atoms with Crippen molar-refractivity contribution in [2.75, 3.05) is 11.5 Å². The molecular formula is C30H22N2O6. The summed E-state index contributed by atoms with van der Waals surface area (Å²) in [6.45, 7) is 1.63. The predicted octanol–water partition coefficient (Wildman–Crippen LogP) is 5.37. The number of anilines is 2. The van der Waals surface area contributed by atoms with Gasteiger partial charge in [-0.2, -0.15) is 0 Å². The van der Waals surface area contributed by atoms with Crippen molar-refractivity contribution in [1.82, 2.24) is 0 Å². The molecule has 1 heterocycles. The molecule has 0 fully saturated rings. The summed E-state index contributed by atoms with van der Waals surface area (Å²) in [6.07, 6.45) is 0. The van der Waals surface area contributed by atoms with Crippen LogP contribution in [-0.4, -0.2) is 11.9 Å². The van der Waals surface area contributed by atoms with Crippen molar-refractivity contribution in [2.45, 2.75) is 6.92 Å². The molecule has 0 aliphatic rings. The number of rotatable bonds is 5. The zero-order valence-electron chi connectivity index (χ0n) is 20.3. The molecule has 0 aliphatic carbocycles. The molecule has 0 bridgehead atoms. The molecule has 188 valence electrons. The first-order chi connectivity index (χ1) is 18.3. The van der Waals surface area contributed by atoms with Crippen LogP contribution >= 0.6 is 0 Å². The van der Waals surface area contributed by atoms with Gasteiger partial charge in [0.1, 0.15) is 22.8 Å². The fraction of sp³-hybridized carbons (Fsp3) is 0.0333. The number of esters is 2. The highest BCUT2D eigenvalue weighted by Gasteiger charge is 2.21. The van der Waals surface area contributed by atoms with E-state index in [1.165, 1.54) is 24.3 Å². The monoisotopic (exact) mass is 506 g/mol. The first-order valence-electron chi connectivity index (χ1n) is 11.6. The summed E-state index contributed by atoms with van der Waals surface area (Å²) in [5.74, 6) is -0.989. The van der Waals surface area contributed by atoms with Gasteiger partial charge in [0.15, 0.2) is 5.43 Å². The lowest BCUT2D eigenvalue weighted by molar-refractivity contribution is 0.0733. The van der Waals surface area contributed by atoms with Crippen LogP contribution in [0.1, 0.15) is 26.3 Å². The van der Waals surface area contributed by atoms with Crippen molar-refractivity contribution in [3.8, 4) is 22.8 Å². The van der Waals surface area contributed by atoms with Crippen LogP contribution in [0.3, 0.4) is 0 Å². The molecule has 0 aliphatic heterocycles. The second kappa shape index (κ2) is 9.94. The van der Waals surface area contributed by atoms with Crippen LogP contribution in [0.15, 0.2) is 100 Å². The summed E-state index contributed by atoms with van der Waals surface area (Å²) in [6, 6.07) is 24.0. The average molecular weight is 507 g/mol. The van der Waals surface area contributed by atoms with Crippen molar-refractivity contribution in [1.29, 1.82) is 0 Å². The summed E-state index contributed by atoms with van der Waals surface area (Å²) in [7, 11) is 0. The molecule has 0 saturated heterocycles. The van der Waals surface area contributed by atoms with E-state index in [1.807, 2.05) is 0 Å². The summed E-state index contributed by atoms with van der Waals surface area (Å²) in [4.78, 5) is 38.8. The largest absolute Gasteiger partial charge is 0.455 e. The van der Waals surface area contributed by atoms with Gasteiger partial charge in [-0.1, -0.05) is 24.3 Å². The van der Waals surface area contributed by atoms with E-state index >= 15 is 0 Å². The Hall–Kier alpha value is -5.37. The van der Waals surface area contributed by atoms with E-state index in [1.54, 1.807) is 73.7 Å². The van der Waals surface area contributed by atoms with Gasteiger partial charge < -0.3 is 25.4 Å². The van der Waals surface area contributed by atoms with Gasteiger partial charge >= 0.3 is 11.9 Å². The summed E-state index contributed by atoms with van der Waals surface area (Å²) < 4.78 is 17.3. The maximum absolute atomic E-state index is 13.1. The average Bonchev–Trinajstić information content (AvgIpc) is 2.91. The standard InChI is InChI=1S/C30H22N2O6/c1-17-27(33)23-10-2-3-11-25(23)37-28(17)24-13-12-22(36-29(34)18-6-4-8-20(31)14-18)16-26(24)38-30(35)19-7-5-9-21(32)15-19/h2-16H,31-32H2,1H3. The number of nitrogens with two attached hydrogens (primary N) is 2. The van der Waals surface area contributed by atoms with Crippen molar-refractivity contribution in [3.63, 3.8) is 0 Å². The number of carbonyl (C=O) groups excluding carboxylic acids is 2. The van der Waals surface area contributed by atoms with Crippen LogP contribution in [0.2, 0.25) is 0 Å². The molecule has 5 aromatic rings.